The van der Waals surface area contributed by atoms with Crippen LogP contribution in [0.15, 0.2) is 0 Å². The van der Waals surface area contributed by atoms with E-state index in [2.05, 4.69) is 20.9 Å². The van der Waals surface area contributed by atoms with E-state index >= 15 is 0 Å². The van der Waals surface area contributed by atoms with Crippen molar-refractivity contribution in [1.82, 2.24) is 0 Å². The minimum absolute atomic E-state index is 0.390. The summed E-state index contributed by atoms with van der Waals surface area (Å²) in [5.74, 6) is 0. The van der Waals surface area contributed by atoms with Crippen LogP contribution in [0.5, 0.6) is 0 Å². The van der Waals surface area contributed by atoms with Gasteiger partial charge in [0.05, 0.1) is 6.61 Å². The van der Waals surface area contributed by atoms with E-state index in [1.54, 1.807) is 6.92 Å². The van der Waals surface area contributed by atoms with Crippen molar-refractivity contribution in [2.75, 3.05) is 13.7 Å². The number of rotatable bonds is 3. The van der Waals surface area contributed by atoms with E-state index in [0.29, 0.717) is 6.61 Å². The predicted molar refractivity (Wildman–Crippen MR) is 35.1 cm³/mol. The van der Waals surface area contributed by atoms with E-state index in [-0.39, 0.29) is 0 Å². The van der Waals surface area contributed by atoms with Crippen LogP contribution in [0.2, 0.25) is 0 Å². The van der Waals surface area contributed by atoms with Crippen LogP contribution < -0.4 is 0 Å². The molecule has 0 bridgehead atoms. The molecule has 0 aromatic carbocycles. The van der Waals surface area contributed by atoms with E-state index in [4.69, 9.17) is 4.89 Å². The molecule has 1 N–H and O–H groups in total. The zero-order chi connectivity index (χ0) is 6.62. The number of hydrogen-bond donors (Lipinski definition) is 1. The van der Waals surface area contributed by atoms with Gasteiger partial charge in [0, 0.05) is 7.11 Å². The molecule has 0 aromatic rings. The quantitative estimate of drug-likeness (QED) is 0.616. The molecule has 3 nitrogen and oxygen atoms in total. The molecule has 0 aliphatic rings. The van der Waals surface area contributed by atoms with Crippen LogP contribution in [0.25, 0.3) is 0 Å². The molecule has 0 aliphatic carbocycles. The van der Waals surface area contributed by atoms with Crippen LogP contribution in [-0.4, -0.2) is 18.6 Å². The topological polar surface area (TPSA) is 38.7 Å². The predicted octanol–water partition coefficient (Wildman–Crippen LogP) is 0.886. The average molecular weight is 156 g/mol. The first-order chi connectivity index (χ1) is 3.62. The molecule has 0 fully saturated rings. The van der Waals surface area contributed by atoms with E-state index < -0.39 is 6.72 Å². The summed E-state index contributed by atoms with van der Waals surface area (Å²) >= 11 is 4.47. The second-order valence-corrected chi connectivity index (χ2v) is 4.01. The van der Waals surface area contributed by atoms with Gasteiger partial charge in [-0.2, -0.15) is 0 Å². The number of hydrogen-bond acceptors (Lipinski definition) is 3. The normalized spacial score (nSPS) is 17.9. The van der Waals surface area contributed by atoms with Gasteiger partial charge in [0.15, 0.2) is 0 Å². The fourth-order valence-electron chi connectivity index (χ4n) is 0.216. The highest BCUT2D eigenvalue weighted by molar-refractivity contribution is 8.07. The van der Waals surface area contributed by atoms with Gasteiger partial charge < -0.3 is 13.9 Å². The zero-order valence-electron chi connectivity index (χ0n) is 4.83. The SMILES string of the molecule is CCOP(O)(=S)OC. The Balaban J connectivity index is 3.55. The first-order valence-corrected chi connectivity index (χ1v) is 4.74. The third kappa shape index (κ3) is 3.52. The monoisotopic (exact) mass is 156 g/mol. The third-order valence-electron chi connectivity index (χ3n) is 0.523. The maximum absolute atomic E-state index is 8.80. The Morgan fingerprint density at radius 3 is 2.38 bits per heavy atom. The van der Waals surface area contributed by atoms with Crippen LogP contribution in [0, 0.1) is 0 Å². The fourth-order valence-corrected chi connectivity index (χ4v) is 0.964. The molecule has 5 heteroatoms. The lowest BCUT2D eigenvalue weighted by atomic mass is 10.9. The Morgan fingerprint density at radius 1 is 1.75 bits per heavy atom. The molecule has 0 saturated heterocycles. The molecule has 50 valence electrons. The molecule has 0 radical (unpaired) electrons. The van der Waals surface area contributed by atoms with Crippen molar-refractivity contribution in [2.24, 2.45) is 0 Å². The van der Waals surface area contributed by atoms with E-state index in [1.807, 2.05) is 0 Å². The maximum atomic E-state index is 8.80. The lowest BCUT2D eigenvalue weighted by molar-refractivity contribution is 0.236. The molecule has 0 heterocycles. The highest BCUT2D eigenvalue weighted by Gasteiger charge is 2.08. The third-order valence-corrected chi connectivity index (χ3v) is 2.33. The first kappa shape index (κ1) is 8.53. The van der Waals surface area contributed by atoms with Crippen LogP contribution in [0.1, 0.15) is 6.92 Å². The van der Waals surface area contributed by atoms with E-state index in [0.717, 1.165) is 0 Å². The van der Waals surface area contributed by atoms with E-state index in [9.17, 15) is 0 Å². The minimum Gasteiger partial charge on any atom is -0.324 e. The molecule has 0 aromatic heterocycles. The summed E-state index contributed by atoms with van der Waals surface area (Å²) in [5, 5.41) is 0. The highest BCUT2D eigenvalue weighted by atomic mass is 32.5. The summed E-state index contributed by atoms with van der Waals surface area (Å²) in [6.07, 6.45) is 0. The second-order valence-electron chi connectivity index (χ2n) is 1.07. The molecule has 0 rings (SSSR count). The molecule has 0 amide bonds. The smallest absolute Gasteiger partial charge is 0.324 e. The van der Waals surface area contributed by atoms with Gasteiger partial charge >= 0.3 is 6.72 Å². The van der Waals surface area contributed by atoms with Crippen molar-refractivity contribution in [3.8, 4) is 0 Å². The average Bonchev–Trinajstić information content (AvgIpc) is 1.67. The minimum atomic E-state index is -2.84. The van der Waals surface area contributed by atoms with Crippen molar-refractivity contribution >= 4 is 18.5 Å². The molecule has 0 spiro atoms. The standard InChI is InChI=1S/C3H9O3PS/c1-3-6-7(4,8)5-2/h3H2,1-2H3,(H,4,8). The summed E-state index contributed by atoms with van der Waals surface area (Å²) in [5.41, 5.74) is 0. The largest absolute Gasteiger partial charge is 0.324 e. The summed E-state index contributed by atoms with van der Waals surface area (Å²) in [6, 6.07) is 0. The van der Waals surface area contributed by atoms with Crippen molar-refractivity contribution < 1.29 is 13.9 Å². The molecule has 1 atom stereocenters. The molecular weight excluding hydrogens is 147 g/mol. The van der Waals surface area contributed by atoms with Crippen molar-refractivity contribution in [3.63, 3.8) is 0 Å². The highest BCUT2D eigenvalue weighted by Crippen LogP contribution is 2.41. The van der Waals surface area contributed by atoms with Gasteiger partial charge in [0.25, 0.3) is 0 Å². The Hall–Kier alpha value is 0.530. The Bertz CT molecular complexity index is 105. The summed E-state index contributed by atoms with van der Waals surface area (Å²) in [6.45, 7) is -0.703. The van der Waals surface area contributed by atoms with Gasteiger partial charge in [-0.15, -0.1) is 0 Å². The van der Waals surface area contributed by atoms with E-state index in [1.165, 1.54) is 7.11 Å². The zero-order valence-corrected chi connectivity index (χ0v) is 6.54. The van der Waals surface area contributed by atoms with Crippen molar-refractivity contribution in [2.45, 2.75) is 6.92 Å². The lowest BCUT2D eigenvalue weighted by Crippen LogP contribution is -1.88. The van der Waals surface area contributed by atoms with Gasteiger partial charge in [0.2, 0.25) is 0 Å². The Labute approximate surface area is 53.9 Å². The molecule has 0 aliphatic heterocycles. The van der Waals surface area contributed by atoms with Crippen LogP contribution in [0.3, 0.4) is 0 Å². The maximum Gasteiger partial charge on any atom is 0.324 e. The Morgan fingerprint density at radius 2 is 2.25 bits per heavy atom. The summed E-state index contributed by atoms with van der Waals surface area (Å²) < 4.78 is 9.08. The van der Waals surface area contributed by atoms with Crippen LogP contribution >= 0.6 is 6.72 Å². The van der Waals surface area contributed by atoms with Gasteiger partial charge in [0.1, 0.15) is 0 Å². The van der Waals surface area contributed by atoms with Gasteiger partial charge in [-0.1, -0.05) is 0 Å². The summed E-state index contributed by atoms with van der Waals surface area (Å²) in [4.78, 5) is 8.80. The summed E-state index contributed by atoms with van der Waals surface area (Å²) in [7, 11) is 1.33. The fraction of sp³-hybridized carbons (Fsp3) is 1.00. The van der Waals surface area contributed by atoms with Crippen LogP contribution in [-0.2, 0) is 20.9 Å². The van der Waals surface area contributed by atoms with Crippen molar-refractivity contribution in [1.29, 1.82) is 0 Å². The van der Waals surface area contributed by atoms with Crippen molar-refractivity contribution in [3.05, 3.63) is 0 Å². The Kier molecular flexibility index (Phi) is 3.77. The molecule has 0 saturated carbocycles. The first-order valence-electron chi connectivity index (χ1n) is 2.15. The van der Waals surface area contributed by atoms with Gasteiger partial charge in [-0.25, -0.2) is 0 Å². The molecule has 8 heavy (non-hydrogen) atoms. The second kappa shape index (κ2) is 3.54. The van der Waals surface area contributed by atoms with Gasteiger partial charge in [-0.05, 0) is 18.7 Å². The van der Waals surface area contributed by atoms with Gasteiger partial charge in [-0.3, -0.25) is 0 Å². The van der Waals surface area contributed by atoms with Crippen LogP contribution in [0.4, 0.5) is 0 Å². The molecular formula is C3H9O3PS. The lowest BCUT2D eigenvalue weighted by Gasteiger charge is -2.09. The molecule has 1 unspecified atom stereocenters.